The van der Waals surface area contributed by atoms with E-state index in [9.17, 15) is 19.8 Å². The van der Waals surface area contributed by atoms with Crippen molar-refractivity contribution in [2.45, 2.75) is 5.72 Å². The van der Waals surface area contributed by atoms with E-state index in [0.29, 0.717) is 16.6 Å². The van der Waals surface area contributed by atoms with Gasteiger partial charge in [-0.2, -0.15) is 0 Å². The monoisotopic (exact) mass is 494 g/mol. The molecule has 8 nitrogen and oxygen atoms in total. The van der Waals surface area contributed by atoms with Crippen LogP contribution < -0.4 is 9.80 Å². The Labute approximate surface area is 205 Å². The fraction of sp³-hybridized carbons (Fsp3) is 0.0800. The van der Waals surface area contributed by atoms with E-state index in [1.54, 1.807) is 48.5 Å². The van der Waals surface area contributed by atoms with Crippen molar-refractivity contribution in [1.82, 2.24) is 9.97 Å². The molecule has 10 heteroatoms. The lowest BCUT2D eigenvalue weighted by Gasteiger charge is -2.35. The maximum Gasteiger partial charge on any atom is 0.413 e. The average Bonchev–Trinajstić information content (AvgIpc) is 3.36. The van der Waals surface area contributed by atoms with Gasteiger partial charge in [0.15, 0.2) is 11.5 Å². The summed E-state index contributed by atoms with van der Waals surface area (Å²) in [5.74, 6) is -1.16. The average molecular weight is 495 g/mol. The van der Waals surface area contributed by atoms with Crippen molar-refractivity contribution in [3.05, 3.63) is 95.3 Å². The summed E-state index contributed by atoms with van der Waals surface area (Å²) < 4.78 is 15.3. The molecule has 178 valence electrons. The van der Waals surface area contributed by atoms with Gasteiger partial charge in [0, 0.05) is 29.3 Å². The molecule has 1 aromatic heterocycles. The van der Waals surface area contributed by atoms with Gasteiger partial charge < -0.3 is 15.2 Å². The number of carboxylic acid groups (broad SMARTS) is 1. The number of amides is 2. The van der Waals surface area contributed by atoms with Crippen molar-refractivity contribution in [2.24, 2.45) is 0 Å². The van der Waals surface area contributed by atoms with Gasteiger partial charge in [-0.15, -0.1) is 12.4 Å². The Morgan fingerprint density at radius 1 is 1.20 bits per heavy atom. The van der Waals surface area contributed by atoms with Crippen LogP contribution in [0.5, 0.6) is 0 Å². The number of nitrogens with zero attached hydrogens (tertiary/aromatic N) is 3. The number of carbonyl (C=O) groups is 2. The van der Waals surface area contributed by atoms with Crippen LogP contribution in [0.3, 0.4) is 0 Å². The predicted molar refractivity (Wildman–Crippen MR) is 133 cm³/mol. The number of rotatable bonds is 4. The van der Waals surface area contributed by atoms with Crippen molar-refractivity contribution < 1.29 is 24.2 Å². The minimum Gasteiger partial charge on any atom is -0.465 e. The number of halogens is 2. The first-order valence-corrected chi connectivity index (χ1v) is 10.3. The molecular weight excluding hydrogens is 475 g/mol. The third kappa shape index (κ3) is 3.44. The zero-order valence-corrected chi connectivity index (χ0v) is 19.2. The van der Waals surface area contributed by atoms with Gasteiger partial charge in [0.05, 0.1) is 16.7 Å². The molecule has 2 amide bonds. The quantitative estimate of drug-likeness (QED) is 0.380. The molecule has 35 heavy (non-hydrogen) atoms. The van der Waals surface area contributed by atoms with Crippen LogP contribution in [0, 0.1) is 5.82 Å². The highest BCUT2D eigenvalue weighted by atomic mass is 35.5. The zero-order chi connectivity index (χ0) is 24.2. The van der Waals surface area contributed by atoms with Crippen LogP contribution in [-0.2, 0) is 5.72 Å². The Balaban J connectivity index is 0.00000289. The Hall–Kier alpha value is -4.21. The molecule has 3 aromatic carbocycles. The van der Waals surface area contributed by atoms with E-state index >= 15 is 4.39 Å². The minimum absolute atomic E-state index is 0. The second-order valence-corrected chi connectivity index (χ2v) is 7.88. The van der Waals surface area contributed by atoms with Crippen molar-refractivity contribution in [1.29, 1.82) is 0 Å². The highest BCUT2D eigenvalue weighted by Crippen LogP contribution is 2.46. The predicted octanol–water partition coefficient (Wildman–Crippen LogP) is 4.73. The van der Waals surface area contributed by atoms with Crippen molar-refractivity contribution in [3.8, 4) is 0 Å². The van der Waals surface area contributed by atoms with E-state index in [4.69, 9.17) is 0 Å². The number of aromatic amines is 1. The van der Waals surface area contributed by atoms with Crippen LogP contribution >= 0.6 is 12.4 Å². The molecule has 3 N–H and O–H groups in total. The Bertz CT molecular complexity index is 1500. The SMILES string of the molecule is C=Cc1cccc(N2C(=O)c3ccccc3C2(O)c2ccc3[nH]c(N(C)C(=O)O)nc3c2)c1F.Cl. The summed E-state index contributed by atoms with van der Waals surface area (Å²) in [5.41, 5.74) is -0.270. The van der Waals surface area contributed by atoms with Gasteiger partial charge in [-0.1, -0.05) is 49.1 Å². The normalized spacial score (nSPS) is 16.7. The Morgan fingerprint density at radius 2 is 1.94 bits per heavy atom. The molecule has 1 unspecified atom stereocenters. The highest BCUT2D eigenvalue weighted by molar-refractivity contribution is 6.12. The lowest BCUT2D eigenvalue weighted by atomic mass is 9.93. The van der Waals surface area contributed by atoms with Crippen LogP contribution in [0.4, 0.5) is 20.8 Å². The second kappa shape index (κ2) is 8.53. The van der Waals surface area contributed by atoms with Gasteiger partial charge in [-0.05, 0) is 24.3 Å². The molecule has 4 aromatic rings. The number of anilines is 2. The van der Waals surface area contributed by atoms with Crippen LogP contribution in [0.15, 0.2) is 67.2 Å². The summed E-state index contributed by atoms with van der Waals surface area (Å²) >= 11 is 0. The largest absolute Gasteiger partial charge is 0.465 e. The first kappa shape index (κ1) is 23.9. The topological polar surface area (TPSA) is 110 Å². The third-order valence-electron chi connectivity index (χ3n) is 6.01. The molecule has 1 aliphatic rings. The number of nitrogens with one attached hydrogen (secondary N) is 1. The van der Waals surface area contributed by atoms with Gasteiger partial charge in [-0.25, -0.2) is 14.2 Å². The standard InChI is InChI=1S/C25H19FN4O4.ClH/c1-3-14-7-6-10-20(21(14)26)30-22(31)16-8-4-5-9-17(16)25(30,34)15-11-12-18-19(13-15)28-23(27-18)29(2)24(32)33;/h3-13,34H,1H2,2H3,(H,27,28)(H,32,33);1H. The fourth-order valence-electron chi connectivity index (χ4n) is 4.26. The maximum atomic E-state index is 15.3. The summed E-state index contributed by atoms with van der Waals surface area (Å²) in [7, 11) is 1.34. The Kier molecular flexibility index (Phi) is 5.84. The van der Waals surface area contributed by atoms with E-state index in [1.165, 1.54) is 25.3 Å². The fourth-order valence-corrected chi connectivity index (χ4v) is 4.26. The number of imidazole rings is 1. The van der Waals surface area contributed by atoms with Crippen LogP contribution in [0.25, 0.3) is 17.1 Å². The molecule has 1 atom stereocenters. The van der Waals surface area contributed by atoms with Gasteiger partial charge >= 0.3 is 6.09 Å². The van der Waals surface area contributed by atoms with E-state index in [2.05, 4.69) is 16.5 Å². The number of H-pyrrole nitrogens is 1. The zero-order valence-electron chi connectivity index (χ0n) is 18.4. The summed E-state index contributed by atoms with van der Waals surface area (Å²) in [6.07, 6.45) is 0.138. The van der Waals surface area contributed by atoms with Gasteiger partial charge in [0.25, 0.3) is 5.91 Å². The van der Waals surface area contributed by atoms with Crippen molar-refractivity contribution in [3.63, 3.8) is 0 Å². The molecule has 0 bridgehead atoms. The number of hydrogen-bond donors (Lipinski definition) is 3. The van der Waals surface area contributed by atoms with E-state index in [1.807, 2.05) is 0 Å². The van der Waals surface area contributed by atoms with E-state index in [-0.39, 0.29) is 40.7 Å². The molecule has 0 aliphatic carbocycles. The smallest absolute Gasteiger partial charge is 0.413 e. The summed E-state index contributed by atoms with van der Waals surface area (Å²) in [4.78, 5) is 33.9. The number of fused-ring (bicyclic) bond motifs is 2. The molecule has 0 fully saturated rings. The molecule has 0 spiro atoms. The highest BCUT2D eigenvalue weighted by Gasteiger charge is 2.51. The second-order valence-electron chi connectivity index (χ2n) is 7.88. The van der Waals surface area contributed by atoms with Gasteiger partial charge in [0.1, 0.15) is 0 Å². The summed E-state index contributed by atoms with van der Waals surface area (Å²) in [6.45, 7) is 3.61. The molecular formula is C25H20ClFN4O4. The summed E-state index contributed by atoms with van der Waals surface area (Å²) in [6, 6.07) is 15.8. The molecule has 0 radical (unpaired) electrons. The molecule has 0 saturated carbocycles. The van der Waals surface area contributed by atoms with Crippen LogP contribution in [0.2, 0.25) is 0 Å². The first-order valence-electron chi connectivity index (χ1n) is 10.3. The number of aliphatic hydroxyl groups is 1. The molecule has 0 saturated heterocycles. The van der Waals surface area contributed by atoms with E-state index < -0.39 is 23.5 Å². The van der Waals surface area contributed by atoms with Crippen LogP contribution in [-0.4, -0.2) is 39.2 Å². The third-order valence-corrected chi connectivity index (χ3v) is 6.01. The Morgan fingerprint density at radius 3 is 2.66 bits per heavy atom. The number of hydrogen-bond acceptors (Lipinski definition) is 4. The van der Waals surface area contributed by atoms with E-state index in [0.717, 1.165) is 9.80 Å². The van der Waals surface area contributed by atoms with Crippen LogP contribution in [0.1, 0.15) is 27.0 Å². The van der Waals surface area contributed by atoms with Crippen molar-refractivity contribution in [2.75, 3.05) is 16.8 Å². The summed E-state index contributed by atoms with van der Waals surface area (Å²) in [5, 5.41) is 21.4. The minimum atomic E-state index is -2.04. The number of carbonyl (C=O) groups excluding carboxylic acids is 1. The lowest BCUT2D eigenvalue weighted by Crippen LogP contribution is -2.45. The maximum absolute atomic E-state index is 15.3. The first-order chi connectivity index (χ1) is 16.3. The van der Waals surface area contributed by atoms with Gasteiger partial charge in [-0.3, -0.25) is 14.6 Å². The van der Waals surface area contributed by atoms with Gasteiger partial charge in [0.2, 0.25) is 5.95 Å². The molecule has 5 rings (SSSR count). The van der Waals surface area contributed by atoms with Crippen molar-refractivity contribution >= 4 is 53.2 Å². The molecule has 2 heterocycles. The molecule has 1 aliphatic heterocycles. The number of benzene rings is 3. The number of aromatic nitrogens is 2. The lowest BCUT2D eigenvalue weighted by molar-refractivity contribution is 0.0699.